The number of thiazole rings is 1. The summed E-state index contributed by atoms with van der Waals surface area (Å²) in [4.78, 5) is 32.9. The molecule has 0 radical (unpaired) electrons. The Balaban J connectivity index is 1.31. The number of aryl methyl sites for hydroxylation is 2. The molecule has 0 bridgehead atoms. The SMILES string of the molecule is Cc1ccc(CNC(=O)C(C)C2CCN(C(=O)c3sc(-c4ccc(F)cc4)nc3C)CC2)cc1. The maximum atomic E-state index is 13.2. The smallest absolute Gasteiger partial charge is 0.265 e. The summed E-state index contributed by atoms with van der Waals surface area (Å²) < 4.78 is 13.2. The van der Waals surface area contributed by atoms with E-state index in [1.54, 1.807) is 12.1 Å². The Kier molecular flexibility index (Phi) is 7.41. The predicted octanol–water partition coefficient (Wildman–Crippen LogP) is 5.37. The number of nitrogens with zero attached hydrogens (tertiary/aromatic N) is 2. The second kappa shape index (κ2) is 10.5. The highest BCUT2D eigenvalue weighted by molar-refractivity contribution is 7.17. The van der Waals surface area contributed by atoms with Gasteiger partial charge in [-0.2, -0.15) is 0 Å². The van der Waals surface area contributed by atoms with Crippen molar-refractivity contribution in [1.82, 2.24) is 15.2 Å². The second-order valence-corrected chi connectivity index (χ2v) is 10.1. The number of hydrogen-bond donors (Lipinski definition) is 1. The summed E-state index contributed by atoms with van der Waals surface area (Å²) in [6.07, 6.45) is 1.60. The van der Waals surface area contributed by atoms with E-state index in [0.717, 1.165) is 29.0 Å². The maximum Gasteiger partial charge on any atom is 0.265 e. The molecule has 2 amide bonds. The lowest BCUT2D eigenvalue weighted by Crippen LogP contribution is -2.42. The number of piperidine rings is 1. The summed E-state index contributed by atoms with van der Waals surface area (Å²) in [6, 6.07) is 14.3. The van der Waals surface area contributed by atoms with Gasteiger partial charge in [0.2, 0.25) is 5.91 Å². The van der Waals surface area contributed by atoms with Crippen LogP contribution >= 0.6 is 11.3 Å². The fourth-order valence-corrected chi connectivity index (χ4v) is 5.37. The largest absolute Gasteiger partial charge is 0.352 e. The summed E-state index contributed by atoms with van der Waals surface area (Å²) in [7, 11) is 0. The number of carbonyl (C=O) groups excluding carboxylic acids is 2. The van der Waals surface area contributed by atoms with Crippen molar-refractivity contribution in [3.8, 4) is 10.6 Å². The Hall–Kier alpha value is -3.06. The van der Waals surface area contributed by atoms with E-state index in [1.807, 2.05) is 49.9 Å². The highest BCUT2D eigenvalue weighted by Gasteiger charge is 2.31. The number of nitrogens with one attached hydrogen (secondary N) is 1. The van der Waals surface area contributed by atoms with E-state index in [9.17, 15) is 14.0 Å². The molecule has 2 heterocycles. The lowest BCUT2D eigenvalue weighted by molar-refractivity contribution is -0.126. The Labute approximate surface area is 204 Å². The fourth-order valence-electron chi connectivity index (χ4n) is 4.33. The van der Waals surface area contributed by atoms with Gasteiger partial charge in [0.1, 0.15) is 15.7 Å². The molecule has 178 valence electrons. The van der Waals surface area contributed by atoms with Crippen molar-refractivity contribution in [3.05, 3.63) is 76.0 Å². The van der Waals surface area contributed by atoms with E-state index < -0.39 is 0 Å². The number of aromatic nitrogens is 1. The molecule has 5 nitrogen and oxygen atoms in total. The van der Waals surface area contributed by atoms with E-state index >= 15 is 0 Å². The highest BCUT2D eigenvalue weighted by Crippen LogP contribution is 2.31. The molecule has 0 spiro atoms. The first-order chi connectivity index (χ1) is 16.3. The lowest BCUT2D eigenvalue weighted by atomic mass is 9.84. The van der Waals surface area contributed by atoms with Gasteiger partial charge >= 0.3 is 0 Å². The Morgan fingerprint density at radius 2 is 1.74 bits per heavy atom. The minimum atomic E-state index is -0.297. The van der Waals surface area contributed by atoms with Crippen LogP contribution in [0.25, 0.3) is 10.6 Å². The van der Waals surface area contributed by atoms with Crippen molar-refractivity contribution >= 4 is 23.2 Å². The van der Waals surface area contributed by atoms with Crippen molar-refractivity contribution in [1.29, 1.82) is 0 Å². The van der Waals surface area contributed by atoms with E-state index in [1.165, 1.54) is 29.0 Å². The number of carbonyl (C=O) groups is 2. The predicted molar refractivity (Wildman–Crippen MR) is 133 cm³/mol. The highest BCUT2D eigenvalue weighted by atomic mass is 32.1. The molecule has 1 unspecified atom stereocenters. The first kappa shape index (κ1) is 24.1. The van der Waals surface area contributed by atoms with Crippen molar-refractivity contribution in [2.24, 2.45) is 11.8 Å². The molecule has 1 atom stereocenters. The summed E-state index contributed by atoms with van der Waals surface area (Å²) in [5, 5.41) is 3.77. The van der Waals surface area contributed by atoms with Gasteiger partial charge in [-0.25, -0.2) is 9.37 Å². The van der Waals surface area contributed by atoms with E-state index in [0.29, 0.717) is 30.2 Å². The van der Waals surface area contributed by atoms with Crippen molar-refractivity contribution < 1.29 is 14.0 Å². The van der Waals surface area contributed by atoms with E-state index in [-0.39, 0.29) is 29.5 Å². The molecule has 3 aromatic rings. The van der Waals surface area contributed by atoms with Crippen molar-refractivity contribution in [2.75, 3.05) is 13.1 Å². The zero-order valence-corrected chi connectivity index (χ0v) is 20.6. The molecule has 2 aromatic carbocycles. The van der Waals surface area contributed by atoms with Crippen LogP contribution in [-0.2, 0) is 11.3 Å². The summed E-state index contributed by atoms with van der Waals surface area (Å²) in [5.74, 6) is -0.0996. The van der Waals surface area contributed by atoms with Gasteiger partial charge in [-0.05, 0) is 62.4 Å². The normalized spacial score (nSPS) is 15.2. The molecule has 1 saturated heterocycles. The molecule has 4 rings (SSSR count). The van der Waals surface area contributed by atoms with Gasteiger partial charge in [0.15, 0.2) is 0 Å². The molecule has 1 aliphatic heterocycles. The lowest BCUT2D eigenvalue weighted by Gasteiger charge is -2.34. The third kappa shape index (κ3) is 5.53. The van der Waals surface area contributed by atoms with Gasteiger partial charge in [0.25, 0.3) is 5.91 Å². The van der Waals surface area contributed by atoms with Crippen molar-refractivity contribution in [2.45, 2.75) is 40.2 Å². The van der Waals surface area contributed by atoms with Crippen LogP contribution in [0.2, 0.25) is 0 Å². The number of hydrogen-bond acceptors (Lipinski definition) is 4. The molecule has 1 aromatic heterocycles. The van der Waals surface area contributed by atoms with E-state index in [4.69, 9.17) is 0 Å². The number of benzene rings is 2. The van der Waals surface area contributed by atoms with Crippen LogP contribution in [0.3, 0.4) is 0 Å². The standard InChI is InChI=1S/C27H30FN3O2S/c1-17-4-6-20(7-5-17)16-29-25(32)18(2)21-12-14-31(15-13-21)27(33)24-19(3)30-26(34-24)22-8-10-23(28)11-9-22/h4-11,18,21H,12-16H2,1-3H3,(H,29,32). The minimum absolute atomic E-state index is 0.0155. The number of rotatable bonds is 6. The first-order valence-corrected chi connectivity index (χ1v) is 12.5. The van der Waals surface area contributed by atoms with Crippen LogP contribution in [0, 0.1) is 31.5 Å². The number of likely N-dealkylation sites (tertiary alicyclic amines) is 1. The van der Waals surface area contributed by atoms with Crippen LogP contribution in [0.1, 0.15) is 46.3 Å². The zero-order chi connectivity index (χ0) is 24.2. The summed E-state index contributed by atoms with van der Waals surface area (Å²) >= 11 is 1.35. The molecule has 7 heteroatoms. The molecular weight excluding hydrogens is 449 g/mol. The Morgan fingerprint density at radius 1 is 1.09 bits per heavy atom. The van der Waals surface area contributed by atoms with Crippen LogP contribution in [-0.4, -0.2) is 34.8 Å². The van der Waals surface area contributed by atoms with Gasteiger partial charge in [-0.1, -0.05) is 36.8 Å². The zero-order valence-electron chi connectivity index (χ0n) is 19.8. The topological polar surface area (TPSA) is 62.3 Å². The van der Waals surface area contributed by atoms with Gasteiger partial charge in [-0.3, -0.25) is 9.59 Å². The molecule has 1 fully saturated rings. The van der Waals surface area contributed by atoms with E-state index in [2.05, 4.69) is 10.3 Å². The summed E-state index contributed by atoms with van der Waals surface area (Å²) in [5.41, 5.74) is 3.79. The van der Waals surface area contributed by atoms with Gasteiger partial charge in [-0.15, -0.1) is 11.3 Å². The van der Waals surface area contributed by atoms with Gasteiger partial charge in [0, 0.05) is 31.1 Å². The quantitative estimate of drug-likeness (QED) is 0.517. The molecule has 0 aliphatic carbocycles. The average molecular weight is 480 g/mol. The third-order valence-electron chi connectivity index (χ3n) is 6.62. The molecular formula is C27H30FN3O2S. The molecule has 0 saturated carbocycles. The van der Waals surface area contributed by atoms with Crippen molar-refractivity contribution in [3.63, 3.8) is 0 Å². The second-order valence-electron chi connectivity index (χ2n) is 9.06. The summed E-state index contributed by atoms with van der Waals surface area (Å²) in [6.45, 7) is 7.65. The van der Waals surface area contributed by atoms with Crippen LogP contribution in [0.4, 0.5) is 4.39 Å². The number of amides is 2. The number of halogens is 1. The van der Waals surface area contributed by atoms with Crippen LogP contribution in [0.15, 0.2) is 48.5 Å². The Morgan fingerprint density at radius 3 is 2.38 bits per heavy atom. The minimum Gasteiger partial charge on any atom is -0.352 e. The maximum absolute atomic E-state index is 13.2. The average Bonchev–Trinajstić information content (AvgIpc) is 3.24. The van der Waals surface area contributed by atoms with Gasteiger partial charge in [0.05, 0.1) is 5.69 Å². The van der Waals surface area contributed by atoms with Crippen LogP contribution < -0.4 is 5.32 Å². The third-order valence-corrected chi connectivity index (χ3v) is 7.81. The monoisotopic (exact) mass is 479 g/mol. The molecule has 1 aliphatic rings. The van der Waals surface area contributed by atoms with Crippen LogP contribution in [0.5, 0.6) is 0 Å². The first-order valence-electron chi connectivity index (χ1n) is 11.7. The fraction of sp³-hybridized carbons (Fsp3) is 0.370. The van der Waals surface area contributed by atoms with Gasteiger partial charge < -0.3 is 10.2 Å². The Bertz CT molecular complexity index is 1150. The molecule has 1 N–H and O–H groups in total. The molecule has 34 heavy (non-hydrogen) atoms.